The smallest absolute Gasteiger partial charge is 0.270 e. The van der Waals surface area contributed by atoms with Gasteiger partial charge in [-0.15, -0.1) is 0 Å². The number of aromatic nitrogens is 1. The number of aryl methyl sites for hydroxylation is 1. The lowest BCUT2D eigenvalue weighted by Gasteiger charge is -2.38. The van der Waals surface area contributed by atoms with Crippen LogP contribution in [0.25, 0.3) is 0 Å². The van der Waals surface area contributed by atoms with Gasteiger partial charge in [-0.25, -0.2) is 4.98 Å². The maximum atomic E-state index is 12.6. The van der Waals surface area contributed by atoms with Crippen LogP contribution in [0.2, 0.25) is 0 Å². The van der Waals surface area contributed by atoms with Crippen molar-refractivity contribution in [2.45, 2.75) is 51.3 Å². The molecule has 3 rings (SSSR count). The quantitative estimate of drug-likeness (QED) is 0.832. The van der Waals surface area contributed by atoms with Crippen LogP contribution in [0.4, 0.5) is 0 Å². The Morgan fingerprint density at radius 2 is 2.12 bits per heavy atom. The number of carbonyl (C=O) groups excluding carboxylic acids is 2. The number of nitrogens with zero attached hydrogens (tertiary/aromatic N) is 2. The second kappa shape index (κ2) is 7.41. The number of hydrogen-bond acceptors (Lipinski definition) is 6. The van der Waals surface area contributed by atoms with Crippen LogP contribution in [0.1, 0.15) is 42.9 Å². The first-order valence-electron chi connectivity index (χ1n) is 8.78. The average Bonchev–Trinajstić information content (AvgIpc) is 3.01. The standard InChI is InChI=1S/C18H24N4O4/c1-11(2)19-17(24)14-9-18(26-22-14)10-25-8-7-15(18)21-16(23)13-6-4-5-12(3)20-13/h4-6,11,15H,7-10H2,1-3H3,(H,19,24)(H,21,23)/t15-,18-/m0/s1. The molecule has 2 aliphatic rings. The molecular formula is C18H24N4O4. The fourth-order valence-electron chi connectivity index (χ4n) is 3.14. The zero-order valence-corrected chi connectivity index (χ0v) is 15.2. The van der Waals surface area contributed by atoms with Crippen molar-refractivity contribution in [2.24, 2.45) is 5.16 Å². The van der Waals surface area contributed by atoms with E-state index in [0.717, 1.165) is 5.69 Å². The summed E-state index contributed by atoms with van der Waals surface area (Å²) in [5.41, 5.74) is 0.578. The van der Waals surface area contributed by atoms with Crippen LogP contribution in [-0.2, 0) is 14.4 Å². The van der Waals surface area contributed by atoms with Gasteiger partial charge in [-0.1, -0.05) is 11.2 Å². The Balaban J connectivity index is 1.71. The number of ether oxygens (including phenoxy) is 1. The summed E-state index contributed by atoms with van der Waals surface area (Å²) in [6.45, 7) is 6.36. The van der Waals surface area contributed by atoms with E-state index < -0.39 is 5.60 Å². The number of amides is 2. The minimum absolute atomic E-state index is 0.00671. The summed E-state index contributed by atoms with van der Waals surface area (Å²) in [6, 6.07) is 4.98. The van der Waals surface area contributed by atoms with Crippen molar-refractivity contribution in [3.8, 4) is 0 Å². The van der Waals surface area contributed by atoms with E-state index in [0.29, 0.717) is 24.4 Å². The van der Waals surface area contributed by atoms with E-state index in [9.17, 15) is 9.59 Å². The molecule has 1 saturated heterocycles. The second-order valence-corrected chi connectivity index (χ2v) is 7.03. The van der Waals surface area contributed by atoms with Gasteiger partial charge in [-0.3, -0.25) is 9.59 Å². The maximum absolute atomic E-state index is 12.6. The van der Waals surface area contributed by atoms with Gasteiger partial charge in [0, 0.05) is 24.8 Å². The van der Waals surface area contributed by atoms with Gasteiger partial charge in [0.1, 0.15) is 11.4 Å². The van der Waals surface area contributed by atoms with Gasteiger partial charge in [0.05, 0.1) is 12.6 Å². The first-order valence-corrected chi connectivity index (χ1v) is 8.78. The molecule has 3 heterocycles. The van der Waals surface area contributed by atoms with Crippen molar-refractivity contribution in [1.82, 2.24) is 15.6 Å². The first-order chi connectivity index (χ1) is 12.4. The highest BCUT2D eigenvalue weighted by molar-refractivity contribution is 6.39. The molecule has 0 saturated carbocycles. The number of nitrogens with one attached hydrogen (secondary N) is 2. The lowest BCUT2D eigenvalue weighted by atomic mass is 9.85. The molecule has 8 heteroatoms. The van der Waals surface area contributed by atoms with Gasteiger partial charge < -0.3 is 20.2 Å². The van der Waals surface area contributed by atoms with Gasteiger partial charge in [0.15, 0.2) is 5.60 Å². The van der Waals surface area contributed by atoms with Gasteiger partial charge in [-0.2, -0.15) is 0 Å². The summed E-state index contributed by atoms with van der Waals surface area (Å²) in [6.07, 6.45) is 0.865. The fraction of sp³-hybridized carbons (Fsp3) is 0.556. The maximum Gasteiger partial charge on any atom is 0.270 e. The van der Waals surface area contributed by atoms with Crippen molar-refractivity contribution < 1.29 is 19.2 Å². The number of rotatable bonds is 4. The predicted molar refractivity (Wildman–Crippen MR) is 94.8 cm³/mol. The summed E-state index contributed by atoms with van der Waals surface area (Å²) in [5.74, 6) is -0.531. The number of pyridine rings is 1. The molecule has 2 N–H and O–H groups in total. The Morgan fingerprint density at radius 3 is 2.85 bits per heavy atom. The molecule has 26 heavy (non-hydrogen) atoms. The highest BCUT2D eigenvalue weighted by Gasteiger charge is 2.50. The molecule has 0 aromatic carbocycles. The van der Waals surface area contributed by atoms with E-state index in [1.54, 1.807) is 12.1 Å². The van der Waals surface area contributed by atoms with E-state index in [1.165, 1.54) is 0 Å². The highest BCUT2D eigenvalue weighted by atomic mass is 16.7. The van der Waals surface area contributed by atoms with Crippen molar-refractivity contribution in [1.29, 1.82) is 0 Å². The van der Waals surface area contributed by atoms with Crippen molar-refractivity contribution in [3.63, 3.8) is 0 Å². The van der Waals surface area contributed by atoms with Crippen LogP contribution in [0.3, 0.4) is 0 Å². The zero-order chi connectivity index (χ0) is 18.7. The molecule has 8 nitrogen and oxygen atoms in total. The van der Waals surface area contributed by atoms with Gasteiger partial charge in [-0.05, 0) is 39.3 Å². The van der Waals surface area contributed by atoms with Crippen LogP contribution in [0.5, 0.6) is 0 Å². The van der Waals surface area contributed by atoms with E-state index in [1.807, 2.05) is 26.8 Å². The number of hydrogen-bond donors (Lipinski definition) is 2. The zero-order valence-electron chi connectivity index (χ0n) is 15.2. The molecule has 1 aromatic heterocycles. The van der Waals surface area contributed by atoms with Crippen LogP contribution in [-0.4, -0.2) is 53.4 Å². The van der Waals surface area contributed by atoms with Crippen molar-refractivity contribution >= 4 is 17.5 Å². The Labute approximate surface area is 152 Å². The Hall–Kier alpha value is -2.48. The molecule has 2 atom stereocenters. The van der Waals surface area contributed by atoms with Gasteiger partial charge in [0.25, 0.3) is 11.8 Å². The molecule has 140 valence electrons. The largest absolute Gasteiger partial charge is 0.384 e. The molecular weight excluding hydrogens is 336 g/mol. The summed E-state index contributed by atoms with van der Waals surface area (Å²) in [5, 5.41) is 9.76. The third kappa shape index (κ3) is 3.85. The molecule has 0 aliphatic carbocycles. The van der Waals surface area contributed by atoms with Gasteiger partial charge in [0.2, 0.25) is 0 Å². The average molecular weight is 360 g/mol. The Kier molecular flexibility index (Phi) is 5.22. The summed E-state index contributed by atoms with van der Waals surface area (Å²) in [4.78, 5) is 34.7. The predicted octanol–water partition coefficient (Wildman–Crippen LogP) is 0.948. The number of carbonyl (C=O) groups is 2. The topological polar surface area (TPSA) is 102 Å². The van der Waals surface area contributed by atoms with Crippen molar-refractivity contribution in [3.05, 3.63) is 29.6 Å². The van der Waals surface area contributed by atoms with Crippen LogP contribution < -0.4 is 10.6 Å². The SMILES string of the molecule is Cc1cccc(C(=O)N[C@H]2CCOC[C@@]23CC(C(=O)NC(C)C)=NO3)n1. The monoisotopic (exact) mass is 360 g/mol. The molecule has 0 bridgehead atoms. The molecule has 2 amide bonds. The van der Waals surface area contributed by atoms with E-state index >= 15 is 0 Å². The van der Waals surface area contributed by atoms with Crippen molar-refractivity contribution in [2.75, 3.05) is 13.2 Å². The molecule has 1 aromatic rings. The molecule has 0 radical (unpaired) electrons. The molecule has 1 spiro atoms. The Bertz CT molecular complexity index is 734. The molecule has 0 unspecified atom stereocenters. The lowest BCUT2D eigenvalue weighted by Crippen LogP contribution is -2.59. The van der Waals surface area contributed by atoms with E-state index in [-0.39, 0.29) is 36.9 Å². The Morgan fingerprint density at radius 1 is 1.31 bits per heavy atom. The normalized spacial score (nSPS) is 24.9. The van der Waals surface area contributed by atoms with Crippen LogP contribution >= 0.6 is 0 Å². The number of oxime groups is 1. The summed E-state index contributed by atoms with van der Waals surface area (Å²) in [7, 11) is 0. The first kappa shape index (κ1) is 18.3. The summed E-state index contributed by atoms with van der Waals surface area (Å²) < 4.78 is 5.56. The fourth-order valence-corrected chi connectivity index (χ4v) is 3.14. The highest BCUT2D eigenvalue weighted by Crippen LogP contribution is 2.33. The van der Waals surface area contributed by atoms with E-state index in [2.05, 4.69) is 20.8 Å². The van der Waals surface area contributed by atoms with E-state index in [4.69, 9.17) is 9.57 Å². The molecule has 2 aliphatic heterocycles. The lowest BCUT2D eigenvalue weighted by molar-refractivity contribution is -0.128. The third-order valence-corrected chi connectivity index (χ3v) is 4.44. The molecule has 1 fully saturated rings. The minimum Gasteiger partial charge on any atom is -0.384 e. The second-order valence-electron chi connectivity index (χ2n) is 7.03. The minimum atomic E-state index is -0.860. The van der Waals surface area contributed by atoms with Gasteiger partial charge >= 0.3 is 0 Å². The van der Waals surface area contributed by atoms with Crippen LogP contribution in [0.15, 0.2) is 23.4 Å². The van der Waals surface area contributed by atoms with Crippen LogP contribution in [0, 0.1) is 6.92 Å². The summed E-state index contributed by atoms with van der Waals surface area (Å²) >= 11 is 0. The third-order valence-electron chi connectivity index (χ3n) is 4.44.